The molecule has 4 heteroatoms. The van der Waals surface area contributed by atoms with Crippen LogP contribution >= 0.6 is 11.3 Å². The van der Waals surface area contributed by atoms with Crippen molar-refractivity contribution in [3.63, 3.8) is 0 Å². The number of hydrogen-bond acceptors (Lipinski definition) is 4. The lowest BCUT2D eigenvalue weighted by molar-refractivity contribution is 0.121. The summed E-state index contributed by atoms with van der Waals surface area (Å²) in [4.78, 5) is 5.34. The van der Waals surface area contributed by atoms with Crippen molar-refractivity contribution in [3.8, 4) is 0 Å². The highest BCUT2D eigenvalue weighted by Gasteiger charge is 2.05. The largest absolute Gasteiger partial charge is 0.374 e. The lowest BCUT2D eigenvalue weighted by Crippen LogP contribution is -2.01. The van der Waals surface area contributed by atoms with Crippen LogP contribution in [-0.4, -0.2) is 11.6 Å². The number of nitrogens with zero attached hydrogens (tertiary/aromatic N) is 1. The van der Waals surface area contributed by atoms with Gasteiger partial charge in [0.1, 0.15) is 5.01 Å². The van der Waals surface area contributed by atoms with Gasteiger partial charge in [0.25, 0.3) is 0 Å². The Labute approximate surface area is 82.9 Å². The van der Waals surface area contributed by atoms with Gasteiger partial charge in [-0.05, 0) is 13.3 Å². The van der Waals surface area contributed by atoms with Crippen LogP contribution in [0.2, 0.25) is 0 Å². The Kier molecular flexibility index (Phi) is 4.35. The average Bonchev–Trinajstić information content (AvgIpc) is 2.53. The summed E-state index contributed by atoms with van der Waals surface area (Å²) in [6.45, 7) is 5.47. The van der Waals surface area contributed by atoms with Crippen LogP contribution in [0, 0.1) is 0 Å². The molecule has 0 radical (unpaired) electrons. The first-order valence-corrected chi connectivity index (χ1v) is 5.33. The first-order chi connectivity index (χ1) is 6.24. The lowest BCUT2D eigenvalue weighted by atomic mass is 10.3. The zero-order valence-corrected chi connectivity index (χ0v) is 8.93. The highest BCUT2D eigenvalue weighted by molar-refractivity contribution is 7.11. The van der Waals surface area contributed by atoms with Crippen molar-refractivity contribution in [2.45, 2.75) is 32.9 Å². The van der Waals surface area contributed by atoms with Crippen LogP contribution in [0.4, 0.5) is 0 Å². The normalized spacial score (nSPS) is 13.2. The fraction of sp³-hybridized carbons (Fsp3) is 0.667. The molecule has 0 aliphatic heterocycles. The van der Waals surface area contributed by atoms with Crippen molar-refractivity contribution >= 4 is 11.3 Å². The van der Waals surface area contributed by atoms with Gasteiger partial charge in [0.15, 0.2) is 0 Å². The molecule has 3 nitrogen and oxygen atoms in total. The van der Waals surface area contributed by atoms with E-state index in [4.69, 9.17) is 10.5 Å². The molecule has 13 heavy (non-hydrogen) atoms. The zero-order chi connectivity index (χ0) is 9.68. The fourth-order valence-electron chi connectivity index (χ4n) is 0.905. The summed E-state index contributed by atoms with van der Waals surface area (Å²) in [5, 5.41) is 1.01. The smallest absolute Gasteiger partial charge is 0.119 e. The van der Waals surface area contributed by atoms with Gasteiger partial charge in [0.05, 0.1) is 6.61 Å². The number of ether oxygens (including phenoxy) is 1. The summed E-state index contributed by atoms with van der Waals surface area (Å²) in [6, 6.07) is 0.0809. The molecule has 0 fully saturated rings. The van der Waals surface area contributed by atoms with Crippen LogP contribution in [0.5, 0.6) is 0 Å². The first-order valence-electron chi connectivity index (χ1n) is 4.52. The van der Waals surface area contributed by atoms with E-state index >= 15 is 0 Å². The topological polar surface area (TPSA) is 48.1 Å². The second-order valence-corrected chi connectivity index (χ2v) is 4.14. The van der Waals surface area contributed by atoms with Crippen molar-refractivity contribution in [1.29, 1.82) is 0 Å². The molecule has 0 aromatic carbocycles. The third-order valence-corrected chi connectivity index (χ3v) is 2.77. The highest BCUT2D eigenvalue weighted by atomic mass is 32.1. The maximum absolute atomic E-state index is 5.71. The average molecular weight is 200 g/mol. The van der Waals surface area contributed by atoms with Gasteiger partial charge < -0.3 is 10.5 Å². The Morgan fingerprint density at radius 1 is 1.69 bits per heavy atom. The minimum atomic E-state index is 0.0809. The van der Waals surface area contributed by atoms with E-state index in [0.29, 0.717) is 6.61 Å². The van der Waals surface area contributed by atoms with Crippen molar-refractivity contribution in [1.82, 2.24) is 4.98 Å². The molecule has 0 aliphatic rings. The van der Waals surface area contributed by atoms with E-state index in [9.17, 15) is 0 Å². The molecule has 1 heterocycles. The molecule has 0 amide bonds. The molecule has 0 saturated heterocycles. The highest BCUT2D eigenvalue weighted by Crippen LogP contribution is 2.19. The number of thiazole rings is 1. The van der Waals surface area contributed by atoms with E-state index in [2.05, 4.69) is 11.9 Å². The standard InChI is InChI=1S/C9H16N2OS/c1-3-4-12-6-9-11-5-8(13-9)7(2)10/h5,7H,3-4,6,10H2,1-2H3. The number of aromatic nitrogens is 1. The van der Waals surface area contributed by atoms with Crippen LogP contribution in [-0.2, 0) is 11.3 Å². The molecule has 1 unspecified atom stereocenters. The van der Waals surface area contributed by atoms with E-state index in [0.717, 1.165) is 22.9 Å². The maximum Gasteiger partial charge on any atom is 0.119 e. The van der Waals surface area contributed by atoms with E-state index in [1.165, 1.54) is 0 Å². The Morgan fingerprint density at radius 2 is 2.46 bits per heavy atom. The van der Waals surface area contributed by atoms with Gasteiger partial charge in [-0.15, -0.1) is 11.3 Å². The number of hydrogen-bond donors (Lipinski definition) is 1. The summed E-state index contributed by atoms with van der Waals surface area (Å²) in [7, 11) is 0. The van der Waals surface area contributed by atoms with Crippen molar-refractivity contribution < 1.29 is 4.74 Å². The Bertz CT molecular complexity index is 248. The van der Waals surface area contributed by atoms with Gasteiger partial charge in [0.2, 0.25) is 0 Å². The molecule has 1 aromatic rings. The van der Waals surface area contributed by atoms with Crippen LogP contribution in [0.15, 0.2) is 6.20 Å². The molecule has 1 rings (SSSR count). The molecule has 0 bridgehead atoms. The molecule has 0 spiro atoms. The Hall–Kier alpha value is -0.450. The third kappa shape index (κ3) is 3.42. The predicted molar refractivity (Wildman–Crippen MR) is 54.7 cm³/mol. The van der Waals surface area contributed by atoms with Crippen LogP contribution in [0.3, 0.4) is 0 Å². The van der Waals surface area contributed by atoms with E-state index < -0.39 is 0 Å². The minimum Gasteiger partial charge on any atom is -0.374 e. The molecular weight excluding hydrogens is 184 g/mol. The SMILES string of the molecule is CCCOCc1ncc(C(C)N)s1. The quantitative estimate of drug-likeness (QED) is 0.740. The van der Waals surface area contributed by atoms with Crippen molar-refractivity contribution in [2.24, 2.45) is 5.73 Å². The lowest BCUT2D eigenvalue weighted by Gasteiger charge is -1.98. The van der Waals surface area contributed by atoms with Crippen molar-refractivity contribution in [3.05, 3.63) is 16.1 Å². The zero-order valence-electron chi connectivity index (χ0n) is 8.12. The molecular formula is C9H16N2OS. The van der Waals surface area contributed by atoms with E-state index in [1.807, 2.05) is 13.1 Å². The molecule has 0 saturated carbocycles. The van der Waals surface area contributed by atoms with Gasteiger partial charge in [-0.3, -0.25) is 0 Å². The first kappa shape index (κ1) is 10.6. The van der Waals surface area contributed by atoms with Gasteiger partial charge in [-0.1, -0.05) is 6.92 Å². The predicted octanol–water partition coefficient (Wildman–Crippen LogP) is 2.09. The Balaban J connectivity index is 2.40. The van der Waals surface area contributed by atoms with Gasteiger partial charge in [-0.2, -0.15) is 0 Å². The summed E-state index contributed by atoms with van der Waals surface area (Å²) >= 11 is 1.63. The van der Waals surface area contributed by atoms with Gasteiger partial charge in [0, 0.05) is 23.7 Å². The van der Waals surface area contributed by atoms with Crippen molar-refractivity contribution in [2.75, 3.05) is 6.61 Å². The van der Waals surface area contributed by atoms with E-state index in [-0.39, 0.29) is 6.04 Å². The third-order valence-electron chi connectivity index (χ3n) is 1.59. The second-order valence-electron chi connectivity index (χ2n) is 3.00. The molecule has 2 N–H and O–H groups in total. The summed E-state index contributed by atoms with van der Waals surface area (Å²) in [6.07, 6.45) is 2.88. The van der Waals surface area contributed by atoms with Crippen LogP contribution in [0.25, 0.3) is 0 Å². The Morgan fingerprint density at radius 3 is 3.00 bits per heavy atom. The molecule has 1 aromatic heterocycles. The van der Waals surface area contributed by atoms with Gasteiger partial charge >= 0.3 is 0 Å². The number of nitrogens with two attached hydrogens (primary N) is 1. The summed E-state index contributed by atoms with van der Waals surface area (Å²) in [5.41, 5.74) is 5.71. The maximum atomic E-state index is 5.71. The molecule has 74 valence electrons. The van der Waals surface area contributed by atoms with E-state index in [1.54, 1.807) is 11.3 Å². The summed E-state index contributed by atoms with van der Waals surface area (Å²) < 4.78 is 5.37. The summed E-state index contributed by atoms with van der Waals surface area (Å²) in [5.74, 6) is 0. The fourth-order valence-corrected chi connectivity index (χ4v) is 1.72. The second kappa shape index (κ2) is 5.32. The monoisotopic (exact) mass is 200 g/mol. The van der Waals surface area contributed by atoms with Crippen LogP contribution < -0.4 is 5.73 Å². The number of rotatable bonds is 5. The molecule has 1 atom stereocenters. The minimum absolute atomic E-state index is 0.0809. The van der Waals surface area contributed by atoms with Crippen LogP contribution in [0.1, 0.15) is 36.2 Å². The molecule has 0 aliphatic carbocycles. The van der Waals surface area contributed by atoms with Gasteiger partial charge in [-0.25, -0.2) is 4.98 Å².